The lowest BCUT2D eigenvalue weighted by Crippen LogP contribution is -2.24. The number of benzene rings is 2. The summed E-state index contributed by atoms with van der Waals surface area (Å²) in [6.07, 6.45) is 1.72. The molecular formula is C25H26N2O3S. The minimum Gasteiger partial charge on any atom is -0.497 e. The van der Waals surface area contributed by atoms with Gasteiger partial charge in [0.1, 0.15) is 22.2 Å². The highest BCUT2D eigenvalue weighted by Crippen LogP contribution is 2.32. The SMILES string of the molecule is COc1ccc(-c2csc3nc(C)n(CCCCOc4ccc(C)cc4)c(=O)c23)cc1. The molecule has 0 amide bonds. The Morgan fingerprint density at radius 2 is 1.68 bits per heavy atom. The maximum Gasteiger partial charge on any atom is 0.262 e. The highest BCUT2D eigenvalue weighted by Gasteiger charge is 2.15. The highest BCUT2D eigenvalue weighted by molar-refractivity contribution is 7.17. The van der Waals surface area contributed by atoms with Crippen molar-refractivity contribution in [3.05, 3.63) is 75.7 Å². The van der Waals surface area contributed by atoms with Gasteiger partial charge in [0, 0.05) is 17.5 Å². The maximum absolute atomic E-state index is 13.3. The standard InChI is InChI=1S/C25H26N2O3S/c1-17-6-10-21(11-7-17)30-15-5-4-14-27-18(2)26-24-23(25(27)28)22(16-31-24)19-8-12-20(29-3)13-9-19/h6-13,16H,4-5,14-15H2,1-3H3. The van der Waals surface area contributed by atoms with Crippen LogP contribution in [0.25, 0.3) is 21.3 Å². The van der Waals surface area contributed by atoms with E-state index >= 15 is 0 Å². The molecule has 160 valence electrons. The quantitative estimate of drug-likeness (QED) is 0.338. The van der Waals surface area contributed by atoms with Crippen LogP contribution in [0, 0.1) is 13.8 Å². The van der Waals surface area contributed by atoms with Crippen LogP contribution >= 0.6 is 11.3 Å². The molecule has 2 heterocycles. The van der Waals surface area contributed by atoms with Crippen molar-refractivity contribution in [1.29, 1.82) is 0 Å². The molecule has 2 aromatic heterocycles. The molecule has 6 heteroatoms. The largest absolute Gasteiger partial charge is 0.497 e. The predicted octanol–water partition coefficient (Wildman–Crippen LogP) is 5.61. The molecule has 0 atom stereocenters. The van der Waals surface area contributed by atoms with Crippen molar-refractivity contribution in [1.82, 2.24) is 9.55 Å². The normalized spacial score (nSPS) is 11.1. The molecule has 0 spiro atoms. The van der Waals surface area contributed by atoms with E-state index in [1.54, 1.807) is 11.7 Å². The molecule has 0 aliphatic heterocycles. The van der Waals surface area contributed by atoms with Gasteiger partial charge in [-0.2, -0.15) is 0 Å². The highest BCUT2D eigenvalue weighted by atomic mass is 32.1. The van der Waals surface area contributed by atoms with E-state index in [-0.39, 0.29) is 5.56 Å². The number of hydrogen-bond acceptors (Lipinski definition) is 5. The molecule has 0 unspecified atom stereocenters. The molecule has 4 aromatic rings. The molecule has 4 rings (SSSR count). The number of hydrogen-bond donors (Lipinski definition) is 0. The van der Waals surface area contributed by atoms with Crippen molar-refractivity contribution >= 4 is 21.6 Å². The molecule has 5 nitrogen and oxygen atoms in total. The van der Waals surface area contributed by atoms with E-state index in [0.29, 0.717) is 18.5 Å². The predicted molar refractivity (Wildman–Crippen MR) is 127 cm³/mol. The van der Waals surface area contributed by atoms with Crippen LogP contribution < -0.4 is 15.0 Å². The minimum absolute atomic E-state index is 0.0222. The summed E-state index contributed by atoms with van der Waals surface area (Å²) >= 11 is 1.51. The number of ether oxygens (including phenoxy) is 2. The molecule has 0 saturated carbocycles. The number of methoxy groups -OCH3 is 1. The molecule has 0 saturated heterocycles. The summed E-state index contributed by atoms with van der Waals surface area (Å²) in [7, 11) is 1.65. The molecule has 0 radical (unpaired) electrons. The van der Waals surface area contributed by atoms with Crippen molar-refractivity contribution in [3.63, 3.8) is 0 Å². The van der Waals surface area contributed by atoms with Crippen LogP contribution in [-0.4, -0.2) is 23.3 Å². The Bertz CT molecular complexity index is 1220. The average Bonchev–Trinajstić information content (AvgIpc) is 3.20. The van der Waals surface area contributed by atoms with E-state index in [2.05, 4.69) is 6.92 Å². The second kappa shape index (κ2) is 9.35. The minimum atomic E-state index is 0.0222. The Kier molecular flexibility index (Phi) is 6.37. The molecule has 0 aliphatic rings. The second-order valence-electron chi connectivity index (χ2n) is 7.54. The zero-order valence-corrected chi connectivity index (χ0v) is 18.9. The van der Waals surface area contributed by atoms with Crippen molar-refractivity contribution in [2.75, 3.05) is 13.7 Å². The average molecular weight is 435 g/mol. The van der Waals surface area contributed by atoms with Crippen LogP contribution in [0.5, 0.6) is 11.5 Å². The summed E-state index contributed by atoms with van der Waals surface area (Å²) in [6, 6.07) is 15.8. The first-order valence-corrected chi connectivity index (χ1v) is 11.3. The van der Waals surface area contributed by atoms with Crippen LogP contribution in [0.2, 0.25) is 0 Å². The van der Waals surface area contributed by atoms with Gasteiger partial charge in [-0.1, -0.05) is 29.8 Å². The van der Waals surface area contributed by atoms with E-state index in [0.717, 1.165) is 46.1 Å². The number of rotatable bonds is 8. The molecule has 0 fully saturated rings. The summed E-state index contributed by atoms with van der Waals surface area (Å²) in [5.74, 6) is 2.42. The third-order valence-corrected chi connectivity index (χ3v) is 6.22. The van der Waals surface area contributed by atoms with E-state index in [9.17, 15) is 4.79 Å². The number of thiophene rings is 1. The van der Waals surface area contributed by atoms with Gasteiger partial charge in [0.05, 0.1) is 19.1 Å². The molecule has 0 N–H and O–H groups in total. The fourth-order valence-electron chi connectivity index (χ4n) is 3.57. The Labute approximate surface area is 185 Å². The van der Waals surface area contributed by atoms with Crippen molar-refractivity contribution in [2.24, 2.45) is 0 Å². The zero-order chi connectivity index (χ0) is 21.8. The fraction of sp³-hybridized carbons (Fsp3) is 0.280. The third kappa shape index (κ3) is 4.64. The summed E-state index contributed by atoms with van der Waals surface area (Å²) in [6.45, 7) is 5.21. The van der Waals surface area contributed by atoms with Gasteiger partial charge < -0.3 is 9.47 Å². The van der Waals surface area contributed by atoms with Crippen LogP contribution in [0.3, 0.4) is 0 Å². The van der Waals surface area contributed by atoms with Gasteiger partial charge in [0.25, 0.3) is 5.56 Å². The molecule has 0 bridgehead atoms. The van der Waals surface area contributed by atoms with Crippen molar-refractivity contribution in [3.8, 4) is 22.6 Å². The van der Waals surface area contributed by atoms with Gasteiger partial charge in [-0.3, -0.25) is 9.36 Å². The number of nitrogens with zero attached hydrogens (tertiary/aromatic N) is 2. The van der Waals surface area contributed by atoms with Crippen LogP contribution in [-0.2, 0) is 6.54 Å². The third-order valence-electron chi connectivity index (χ3n) is 5.35. The molecular weight excluding hydrogens is 408 g/mol. The van der Waals surface area contributed by atoms with Gasteiger partial charge in [0.15, 0.2) is 0 Å². The van der Waals surface area contributed by atoms with Gasteiger partial charge >= 0.3 is 0 Å². The van der Waals surface area contributed by atoms with Gasteiger partial charge in [0.2, 0.25) is 0 Å². The van der Waals surface area contributed by atoms with Gasteiger partial charge in [-0.15, -0.1) is 11.3 Å². The Hall–Kier alpha value is -3.12. The van der Waals surface area contributed by atoms with E-state index in [1.165, 1.54) is 16.9 Å². The lowest BCUT2D eigenvalue weighted by molar-refractivity contribution is 0.302. The Balaban J connectivity index is 1.48. The first-order valence-electron chi connectivity index (χ1n) is 10.4. The van der Waals surface area contributed by atoms with Crippen molar-refractivity contribution < 1.29 is 9.47 Å². The number of aryl methyl sites for hydroxylation is 2. The number of aromatic nitrogens is 2. The topological polar surface area (TPSA) is 53.4 Å². The van der Waals surface area contributed by atoms with E-state index in [1.807, 2.05) is 60.8 Å². The smallest absolute Gasteiger partial charge is 0.262 e. The summed E-state index contributed by atoms with van der Waals surface area (Å²) < 4.78 is 12.8. The summed E-state index contributed by atoms with van der Waals surface area (Å²) in [5.41, 5.74) is 3.16. The Morgan fingerprint density at radius 3 is 2.39 bits per heavy atom. The lowest BCUT2D eigenvalue weighted by Gasteiger charge is -2.11. The molecule has 2 aromatic carbocycles. The molecule has 31 heavy (non-hydrogen) atoms. The van der Waals surface area contributed by atoms with Gasteiger partial charge in [-0.25, -0.2) is 4.98 Å². The van der Waals surface area contributed by atoms with E-state index in [4.69, 9.17) is 14.5 Å². The Morgan fingerprint density at radius 1 is 0.968 bits per heavy atom. The number of unbranched alkanes of at least 4 members (excludes halogenated alkanes) is 1. The summed E-state index contributed by atoms with van der Waals surface area (Å²) in [5, 5.41) is 2.71. The van der Waals surface area contributed by atoms with Crippen LogP contribution in [0.15, 0.2) is 58.7 Å². The first kappa shape index (κ1) is 21.1. The monoisotopic (exact) mass is 434 g/mol. The van der Waals surface area contributed by atoms with Crippen LogP contribution in [0.1, 0.15) is 24.2 Å². The maximum atomic E-state index is 13.3. The zero-order valence-electron chi connectivity index (χ0n) is 18.1. The fourth-order valence-corrected chi connectivity index (χ4v) is 4.55. The van der Waals surface area contributed by atoms with Gasteiger partial charge in [-0.05, 0) is 56.5 Å². The van der Waals surface area contributed by atoms with Crippen molar-refractivity contribution in [2.45, 2.75) is 33.2 Å². The molecule has 0 aliphatic carbocycles. The van der Waals surface area contributed by atoms with E-state index < -0.39 is 0 Å². The lowest BCUT2D eigenvalue weighted by atomic mass is 10.1. The van der Waals surface area contributed by atoms with Crippen LogP contribution in [0.4, 0.5) is 0 Å². The first-order chi connectivity index (χ1) is 15.1. The number of fused-ring (bicyclic) bond motifs is 1. The summed E-state index contributed by atoms with van der Waals surface area (Å²) in [4.78, 5) is 18.8. The second-order valence-corrected chi connectivity index (χ2v) is 8.40.